The van der Waals surface area contributed by atoms with Crippen molar-refractivity contribution in [2.45, 2.75) is 49.0 Å². The highest BCUT2D eigenvalue weighted by Gasteiger charge is 2.34. The molecule has 0 aliphatic heterocycles. The van der Waals surface area contributed by atoms with Crippen LogP contribution in [-0.4, -0.2) is 23.7 Å². The van der Waals surface area contributed by atoms with Gasteiger partial charge in [0.15, 0.2) is 0 Å². The van der Waals surface area contributed by atoms with E-state index >= 15 is 0 Å². The molecule has 1 aromatic carbocycles. The molecule has 0 saturated heterocycles. The van der Waals surface area contributed by atoms with Gasteiger partial charge in [-0.3, -0.25) is 4.79 Å². The van der Waals surface area contributed by atoms with Gasteiger partial charge in [-0.2, -0.15) is 0 Å². The van der Waals surface area contributed by atoms with Crippen molar-refractivity contribution < 1.29 is 9.18 Å². The molecule has 0 spiro atoms. The predicted molar refractivity (Wildman–Crippen MR) is 92.0 cm³/mol. The van der Waals surface area contributed by atoms with Gasteiger partial charge < -0.3 is 11.1 Å². The van der Waals surface area contributed by atoms with Gasteiger partial charge in [-0.15, -0.1) is 24.2 Å². The zero-order chi connectivity index (χ0) is 15.1. The molecule has 0 aromatic heterocycles. The molecule has 1 aromatic rings. The van der Waals surface area contributed by atoms with Gasteiger partial charge in [0.2, 0.25) is 5.91 Å². The van der Waals surface area contributed by atoms with Gasteiger partial charge in [0.1, 0.15) is 5.82 Å². The van der Waals surface area contributed by atoms with Crippen molar-refractivity contribution in [1.29, 1.82) is 0 Å². The first-order chi connectivity index (χ1) is 10.1. The van der Waals surface area contributed by atoms with Gasteiger partial charge in [0.25, 0.3) is 0 Å². The lowest BCUT2D eigenvalue weighted by atomic mass is 9.82. The minimum Gasteiger partial charge on any atom is -0.354 e. The average molecular weight is 347 g/mol. The number of amides is 1. The van der Waals surface area contributed by atoms with Crippen molar-refractivity contribution in [2.75, 3.05) is 12.3 Å². The van der Waals surface area contributed by atoms with E-state index in [0.717, 1.165) is 42.8 Å². The van der Waals surface area contributed by atoms with Gasteiger partial charge in [0.05, 0.1) is 5.54 Å². The van der Waals surface area contributed by atoms with E-state index in [4.69, 9.17) is 5.73 Å². The summed E-state index contributed by atoms with van der Waals surface area (Å²) < 4.78 is 12.8. The molecule has 0 unspecified atom stereocenters. The molecule has 124 valence electrons. The zero-order valence-corrected chi connectivity index (χ0v) is 14.3. The summed E-state index contributed by atoms with van der Waals surface area (Å²) in [6.45, 7) is 0.645. The highest BCUT2D eigenvalue weighted by Crippen LogP contribution is 2.26. The summed E-state index contributed by atoms with van der Waals surface area (Å²) in [5.41, 5.74) is 5.52. The van der Waals surface area contributed by atoms with Crippen LogP contribution in [0.1, 0.15) is 38.5 Å². The minimum absolute atomic E-state index is 0. The number of thioether (sulfide) groups is 1. The number of nitrogens with two attached hydrogens (primary N) is 1. The van der Waals surface area contributed by atoms with Crippen molar-refractivity contribution in [2.24, 2.45) is 5.73 Å². The Hall–Kier alpha value is -0.780. The largest absolute Gasteiger partial charge is 0.354 e. The van der Waals surface area contributed by atoms with Crippen LogP contribution in [0.15, 0.2) is 29.2 Å². The molecule has 0 radical (unpaired) electrons. The second-order valence-electron chi connectivity index (χ2n) is 5.63. The van der Waals surface area contributed by atoms with Crippen LogP contribution in [0.2, 0.25) is 0 Å². The summed E-state index contributed by atoms with van der Waals surface area (Å²) in [4.78, 5) is 13.2. The molecular weight excluding hydrogens is 323 g/mol. The Kier molecular flexibility index (Phi) is 8.21. The summed E-state index contributed by atoms with van der Waals surface area (Å²) >= 11 is 1.67. The van der Waals surface area contributed by atoms with Crippen LogP contribution in [0.4, 0.5) is 4.39 Å². The van der Waals surface area contributed by atoms with Gasteiger partial charge in [-0.25, -0.2) is 4.39 Å². The van der Waals surface area contributed by atoms with E-state index in [1.54, 1.807) is 23.9 Å². The summed E-state index contributed by atoms with van der Waals surface area (Å²) in [7, 11) is 0. The van der Waals surface area contributed by atoms with E-state index in [-0.39, 0.29) is 24.1 Å². The minimum atomic E-state index is -0.650. The maximum absolute atomic E-state index is 12.8. The first-order valence-electron chi connectivity index (χ1n) is 7.56. The second-order valence-corrected chi connectivity index (χ2v) is 6.80. The van der Waals surface area contributed by atoms with Crippen LogP contribution in [0.3, 0.4) is 0 Å². The molecule has 0 atom stereocenters. The number of rotatable bonds is 6. The maximum Gasteiger partial charge on any atom is 0.240 e. The van der Waals surface area contributed by atoms with Crippen LogP contribution in [0.25, 0.3) is 0 Å². The van der Waals surface area contributed by atoms with Crippen molar-refractivity contribution in [3.63, 3.8) is 0 Å². The Bertz CT molecular complexity index is 464. The number of nitrogens with one attached hydrogen (secondary N) is 1. The van der Waals surface area contributed by atoms with Crippen LogP contribution < -0.4 is 11.1 Å². The lowest BCUT2D eigenvalue weighted by Gasteiger charge is -2.31. The van der Waals surface area contributed by atoms with Crippen molar-refractivity contribution >= 4 is 30.1 Å². The standard InChI is InChI=1S/C16H23FN2OS.ClH/c17-13-5-7-14(8-6-13)21-12-4-11-19-15(20)16(18)9-2-1-3-10-16;/h5-8H,1-4,9-12,18H2,(H,19,20);1H. The van der Waals surface area contributed by atoms with Gasteiger partial charge >= 0.3 is 0 Å². The molecule has 1 saturated carbocycles. The van der Waals surface area contributed by atoms with Crippen molar-refractivity contribution in [3.8, 4) is 0 Å². The lowest BCUT2D eigenvalue weighted by Crippen LogP contribution is -2.55. The molecule has 6 heteroatoms. The molecule has 3 nitrogen and oxygen atoms in total. The molecule has 1 aliphatic rings. The Labute approximate surface area is 142 Å². The van der Waals surface area contributed by atoms with Crippen LogP contribution >= 0.6 is 24.2 Å². The fraction of sp³-hybridized carbons (Fsp3) is 0.562. The highest BCUT2D eigenvalue weighted by molar-refractivity contribution is 7.99. The number of carbonyl (C=O) groups is 1. The monoisotopic (exact) mass is 346 g/mol. The number of carbonyl (C=O) groups excluding carboxylic acids is 1. The quantitative estimate of drug-likeness (QED) is 0.612. The predicted octanol–water partition coefficient (Wildman–Crippen LogP) is 3.51. The zero-order valence-electron chi connectivity index (χ0n) is 12.6. The fourth-order valence-electron chi connectivity index (χ4n) is 2.58. The van der Waals surface area contributed by atoms with Crippen molar-refractivity contribution in [3.05, 3.63) is 30.1 Å². The summed E-state index contributed by atoms with van der Waals surface area (Å²) in [5, 5.41) is 2.95. The van der Waals surface area contributed by atoms with Crippen LogP contribution in [0.5, 0.6) is 0 Å². The van der Waals surface area contributed by atoms with Gasteiger partial charge in [0, 0.05) is 11.4 Å². The van der Waals surface area contributed by atoms with Gasteiger partial charge in [-0.05, 0) is 49.3 Å². The smallest absolute Gasteiger partial charge is 0.240 e. The third-order valence-electron chi connectivity index (χ3n) is 3.89. The molecule has 1 aliphatic carbocycles. The number of hydrogen-bond donors (Lipinski definition) is 2. The summed E-state index contributed by atoms with van der Waals surface area (Å²) in [6.07, 6.45) is 5.74. The SMILES string of the molecule is Cl.NC1(C(=O)NCCCSc2ccc(F)cc2)CCCCC1. The molecule has 1 amide bonds. The molecular formula is C16H24ClFN2OS. The van der Waals surface area contributed by atoms with E-state index in [0.29, 0.717) is 6.54 Å². The first kappa shape index (κ1) is 19.3. The Morgan fingerprint density at radius 1 is 1.23 bits per heavy atom. The number of benzene rings is 1. The second kappa shape index (κ2) is 9.38. The lowest BCUT2D eigenvalue weighted by molar-refractivity contribution is -0.127. The third kappa shape index (κ3) is 5.78. The van der Waals surface area contributed by atoms with E-state index < -0.39 is 5.54 Å². The maximum atomic E-state index is 12.8. The van der Waals surface area contributed by atoms with E-state index in [9.17, 15) is 9.18 Å². The molecule has 2 rings (SSSR count). The van der Waals surface area contributed by atoms with Crippen LogP contribution in [0, 0.1) is 5.82 Å². The normalized spacial score (nSPS) is 16.6. The van der Waals surface area contributed by atoms with E-state index in [1.165, 1.54) is 18.6 Å². The summed E-state index contributed by atoms with van der Waals surface area (Å²) in [6, 6.07) is 6.47. The molecule has 0 bridgehead atoms. The molecule has 3 N–H and O–H groups in total. The summed E-state index contributed by atoms with van der Waals surface area (Å²) in [5.74, 6) is 0.671. The fourth-order valence-corrected chi connectivity index (χ4v) is 3.43. The molecule has 1 fully saturated rings. The van der Waals surface area contributed by atoms with Gasteiger partial charge in [-0.1, -0.05) is 19.3 Å². The Morgan fingerprint density at radius 2 is 1.86 bits per heavy atom. The van der Waals surface area contributed by atoms with E-state index in [1.807, 2.05) is 0 Å². The Morgan fingerprint density at radius 3 is 2.50 bits per heavy atom. The third-order valence-corrected chi connectivity index (χ3v) is 4.99. The first-order valence-corrected chi connectivity index (χ1v) is 8.54. The molecule has 0 heterocycles. The van der Waals surface area contributed by atoms with Crippen molar-refractivity contribution in [1.82, 2.24) is 5.32 Å². The van der Waals surface area contributed by atoms with Crippen LogP contribution in [-0.2, 0) is 4.79 Å². The topological polar surface area (TPSA) is 55.1 Å². The molecule has 22 heavy (non-hydrogen) atoms. The number of hydrogen-bond acceptors (Lipinski definition) is 3. The Balaban J connectivity index is 0.00000242. The average Bonchev–Trinajstić information content (AvgIpc) is 2.49. The van der Waals surface area contributed by atoms with E-state index in [2.05, 4.69) is 5.32 Å². The number of halogens is 2. The highest BCUT2D eigenvalue weighted by atomic mass is 35.5.